The molecule has 85 valence electrons. The molecule has 0 unspecified atom stereocenters. The predicted octanol–water partition coefficient (Wildman–Crippen LogP) is -6.08. The zero-order valence-corrected chi connectivity index (χ0v) is 8.49. The third-order valence-corrected chi connectivity index (χ3v) is 1.25. The minimum atomic E-state index is -2.97. The molecule has 0 amide bonds. The number of aliphatic hydroxyl groups is 1. The molecular formula is C6H7CrO8. The van der Waals surface area contributed by atoms with Gasteiger partial charge in [0.15, 0.2) is 0 Å². The van der Waals surface area contributed by atoms with E-state index >= 15 is 0 Å². The van der Waals surface area contributed by atoms with Crippen molar-refractivity contribution >= 4 is 17.9 Å². The van der Waals surface area contributed by atoms with Crippen LogP contribution >= 0.6 is 0 Å². The second-order valence-electron chi connectivity index (χ2n) is 2.42. The first kappa shape index (κ1) is 19.4. The standard InChI is InChI=1S/C6H8O7.Cr.H2O/c7-3(8)1-6(13,5(11)12)2-4(9)10;;/h13H,1-2H2,(H,7,8)(H,9,10)(H,11,12);;1H2/q;+3;/p-3. The van der Waals surface area contributed by atoms with Crippen molar-refractivity contribution in [2.75, 3.05) is 0 Å². The van der Waals surface area contributed by atoms with Crippen molar-refractivity contribution in [1.29, 1.82) is 0 Å². The van der Waals surface area contributed by atoms with Gasteiger partial charge in [-0.3, -0.25) is 0 Å². The van der Waals surface area contributed by atoms with Crippen LogP contribution in [0.1, 0.15) is 12.8 Å². The molecule has 0 aliphatic rings. The van der Waals surface area contributed by atoms with Crippen LogP contribution < -0.4 is 15.3 Å². The summed E-state index contributed by atoms with van der Waals surface area (Å²) in [7, 11) is 0. The van der Waals surface area contributed by atoms with Gasteiger partial charge in [0.2, 0.25) is 0 Å². The Labute approximate surface area is 94.6 Å². The van der Waals surface area contributed by atoms with Crippen LogP contribution in [0.2, 0.25) is 0 Å². The maximum absolute atomic E-state index is 10.1. The van der Waals surface area contributed by atoms with Gasteiger partial charge in [-0.05, 0) is 0 Å². The van der Waals surface area contributed by atoms with Gasteiger partial charge in [0.05, 0.1) is 5.97 Å². The topological polar surface area (TPSA) is 172 Å². The summed E-state index contributed by atoms with van der Waals surface area (Å²) < 4.78 is 0. The van der Waals surface area contributed by atoms with E-state index in [0.29, 0.717) is 0 Å². The summed E-state index contributed by atoms with van der Waals surface area (Å²) in [6, 6.07) is 0. The molecule has 8 nitrogen and oxygen atoms in total. The molecule has 0 heterocycles. The maximum atomic E-state index is 10.1. The van der Waals surface area contributed by atoms with E-state index in [4.69, 9.17) is 5.11 Å². The molecule has 0 aromatic carbocycles. The quantitative estimate of drug-likeness (QED) is 0.511. The van der Waals surface area contributed by atoms with Gasteiger partial charge in [-0.25, -0.2) is 0 Å². The van der Waals surface area contributed by atoms with Crippen molar-refractivity contribution in [3.8, 4) is 0 Å². The molecule has 0 bridgehead atoms. The number of carbonyl (C=O) groups is 3. The van der Waals surface area contributed by atoms with Crippen molar-refractivity contribution in [2.24, 2.45) is 0 Å². The number of carboxylic acid groups (broad SMARTS) is 3. The molecule has 0 aromatic rings. The fraction of sp³-hybridized carbons (Fsp3) is 0.500. The molecule has 0 fully saturated rings. The summed E-state index contributed by atoms with van der Waals surface area (Å²) in [5.74, 6) is -5.98. The van der Waals surface area contributed by atoms with E-state index in [1.807, 2.05) is 0 Å². The van der Waals surface area contributed by atoms with E-state index in [2.05, 4.69) is 0 Å². The molecule has 0 aliphatic carbocycles. The van der Waals surface area contributed by atoms with E-state index in [0.717, 1.165) is 0 Å². The minimum absolute atomic E-state index is 0. The van der Waals surface area contributed by atoms with Crippen LogP contribution in [0.3, 0.4) is 0 Å². The fourth-order valence-electron chi connectivity index (χ4n) is 0.684. The first-order valence-corrected chi connectivity index (χ1v) is 3.11. The minimum Gasteiger partial charge on any atom is -0.550 e. The van der Waals surface area contributed by atoms with Crippen molar-refractivity contribution in [3.63, 3.8) is 0 Å². The third kappa shape index (κ3) is 6.87. The molecule has 0 rings (SSSR count). The fourth-order valence-corrected chi connectivity index (χ4v) is 0.684. The van der Waals surface area contributed by atoms with Crippen LogP contribution in [0.5, 0.6) is 0 Å². The number of aliphatic carboxylic acids is 3. The molecule has 0 atom stereocenters. The second kappa shape index (κ2) is 7.19. The SMILES string of the molecule is O.O=C([O-])CC(O)(CC(=O)[O-])C(=O)[O-].[Cr+3]. The molecule has 0 saturated heterocycles. The van der Waals surface area contributed by atoms with Gasteiger partial charge in [-0.15, -0.1) is 0 Å². The van der Waals surface area contributed by atoms with Crippen molar-refractivity contribution < 1.29 is 57.6 Å². The summed E-state index contributed by atoms with van der Waals surface area (Å²) in [5, 5.41) is 38.9. The summed E-state index contributed by atoms with van der Waals surface area (Å²) in [5.41, 5.74) is -2.97. The molecule has 1 radical (unpaired) electrons. The summed E-state index contributed by atoms with van der Waals surface area (Å²) in [6.45, 7) is 0. The monoisotopic (exact) mass is 259 g/mol. The first-order chi connectivity index (χ1) is 5.78. The Morgan fingerprint density at radius 2 is 1.27 bits per heavy atom. The molecule has 0 saturated carbocycles. The van der Waals surface area contributed by atoms with E-state index in [1.54, 1.807) is 0 Å². The normalized spacial score (nSPS) is 9.40. The average molecular weight is 259 g/mol. The van der Waals surface area contributed by atoms with Crippen molar-refractivity contribution in [2.45, 2.75) is 18.4 Å². The van der Waals surface area contributed by atoms with Crippen molar-refractivity contribution in [3.05, 3.63) is 0 Å². The number of hydrogen-bond acceptors (Lipinski definition) is 7. The summed E-state index contributed by atoms with van der Waals surface area (Å²) in [4.78, 5) is 30.0. The van der Waals surface area contributed by atoms with Gasteiger partial charge in [-0.2, -0.15) is 0 Å². The molecule has 0 aromatic heterocycles. The number of carbonyl (C=O) groups excluding carboxylic acids is 3. The Hall–Kier alpha value is -1.14. The molecule has 0 spiro atoms. The van der Waals surface area contributed by atoms with Crippen LogP contribution in [-0.2, 0) is 31.7 Å². The Kier molecular flexibility index (Phi) is 9.32. The van der Waals surface area contributed by atoms with Gasteiger partial charge >= 0.3 is 17.4 Å². The average Bonchev–Trinajstić information content (AvgIpc) is 1.82. The van der Waals surface area contributed by atoms with Crippen LogP contribution in [0.25, 0.3) is 0 Å². The van der Waals surface area contributed by atoms with Gasteiger partial charge in [-0.1, -0.05) is 0 Å². The van der Waals surface area contributed by atoms with Crippen LogP contribution in [-0.4, -0.2) is 34.1 Å². The van der Waals surface area contributed by atoms with Gasteiger partial charge < -0.3 is 40.3 Å². The van der Waals surface area contributed by atoms with Gasteiger partial charge in [0, 0.05) is 24.8 Å². The molecule has 9 heteroatoms. The summed E-state index contributed by atoms with van der Waals surface area (Å²) >= 11 is 0. The predicted molar refractivity (Wildman–Crippen MR) is 32.8 cm³/mol. The summed E-state index contributed by atoms with van der Waals surface area (Å²) in [6.07, 6.45) is -2.72. The maximum Gasteiger partial charge on any atom is 3.00 e. The Bertz CT molecular complexity index is 234. The molecule has 0 aliphatic heterocycles. The Balaban J connectivity index is -0.000000720. The largest absolute Gasteiger partial charge is 3.00 e. The number of carboxylic acids is 3. The van der Waals surface area contributed by atoms with Crippen LogP contribution in [0.4, 0.5) is 0 Å². The van der Waals surface area contributed by atoms with Gasteiger partial charge in [0.25, 0.3) is 0 Å². The first-order valence-electron chi connectivity index (χ1n) is 3.11. The van der Waals surface area contributed by atoms with Crippen LogP contribution in [0.15, 0.2) is 0 Å². The second-order valence-corrected chi connectivity index (χ2v) is 2.42. The van der Waals surface area contributed by atoms with E-state index in [-0.39, 0.29) is 22.8 Å². The Morgan fingerprint density at radius 3 is 1.40 bits per heavy atom. The zero-order chi connectivity index (χ0) is 10.6. The van der Waals surface area contributed by atoms with Crippen molar-refractivity contribution in [1.82, 2.24) is 0 Å². The third-order valence-electron chi connectivity index (χ3n) is 1.25. The van der Waals surface area contributed by atoms with E-state index in [1.165, 1.54) is 0 Å². The molecule has 3 N–H and O–H groups in total. The van der Waals surface area contributed by atoms with Gasteiger partial charge in [0.1, 0.15) is 5.60 Å². The van der Waals surface area contributed by atoms with Crippen LogP contribution in [0, 0.1) is 0 Å². The number of hydrogen-bond donors (Lipinski definition) is 1. The zero-order valence-electron chi connectivity index (χ0n) is 7.22. The van der Waals surface area contributed by atoms with E-state index < -0.39 is 36.4 Å². The molecule has 15 heavy (non-hydrogen) atoms. The Morgan fingerprint density at radius 1 is 1.00 bits per heavy atom. The smallest absolute Gasteiger partial charge is 0.550 e. The molecular weight excluding hydrogens is 252 g/mol. The number of rotatable bonds is 5. The van der Waals surface area contributed by atoms with E-state index in [9.17, 15) is 29.7 Å².